The Morgan fingerprint density at radius 1 is 1.04 bits per heavy atom. The minimum atomic E-state index is -0.396. The zero-order valence-corrected chi connectivity index (χ0v) is 13.9. The molecule has 2 aromatic rings. The van der Waals surface area contributed by atoms with Gasteiger partial charge in [0.15, 0.2) is 0 Å². The van der Waals surface area contributed by atoms with E-state index in [9.17, 15) is 14.0 Å². The number of aromatic nitrogens is 1. The van der Waals surface area contributed by atoms with Crippen LogP contribution in [0.2, 0.25) is 0 Å². The van der Waals surface area contributed by atoms with Gasteiger partial charge in [-0.1, -0.05) is 0 Å². The minimum Gasteiger partial charge on any atom is -0.336 e. The highest BCUT2D eigenvalue weighted by Crippen LogP contribution is 2.13. The Bertz CT molecular complexity index is 771. The molecule has 1 aromatic carbocycles. The van der Waals surface area contributed by atoms with Crippen molar-refractivity contribution in [1.29, 1.82) is 0 Å². The number of likely N-dealkylation sites (N-methyl/N-ethyl adjacent to an activating group) is 1. The summed E-state index contributed by atoms with van der Waals surface area (Å²) in [5, 5.41) is 2.66. The van der Waals surface area contributed by atoms with Crippen molar-refractivity contribution < 1.29 is 14.0 Å². The average Bonchev–Trinajstić information content (AvgIpc) is 2.64. The van der Waals surface area contributed by atoms with Crippen LogP contribution in [0.5, 0.6) is 0 Å². The normalized spacial score (nSPS) is 15.0. The van der Waals surface area contributed by atoms with Gasteiger partial charge in [-0.2, -0.15) is 0 Å². The Morgan fingerprint density at radius 2 is 1.68 bits per heavy atom. The van der Waals surface area contributed by atoms with E-state index in [2.05, 4.69) is 15.2 Å². The SMILES string of the molecule is CN1CCN(C(=O)c2cncc(C(=O)Nc3ccc(F)cc3)c2)CC1. The smallest absolute Gasteiger partial charge is 0.257 e. The van der Waals surface area contributed by atoms with Crippen LogP contribution in [0.25, 0.3) is 0 Å². The summed E-state index contributed by atoms with van der Waals surface area (Å²) in [5.74, 6) is -0.899. The Kier molecular flexibility index (Phi) is 5.04. The lowest BCUT2D eigenvalue weighted by molar-refractivity contribution is 0.0663. The topological polar surface area (TPSA) is 65.5 Å². The molecule has 2 heterocycles. The predicted molar refractivity (Wildman–Crippen MR) is 92.0 cm³/mol. The summed E-state index contributed by atoms with van der Waals surface area (Å²) in [7, 11) is 2.02. The van der Waals surface area contributed by atoms with E-state index >= 15 is 0 Å². The highest BCUT2D eigenvalue weighted by molar-refractivity contribution is 6.05. The molecular weight excluding hydrogens is 323 g/mol. The van der Waals surface area contributed by atoms with Gasteiger partial charge in [0.1, 0.15) is 5.82 Å². The van der Waals surface area contributed by atoms with Crippen LogP contribution in [-0.2, 0) is 0 Å². The molecule has 3 rings (SSSR count). The molecule has 0 aliphatic carbocycles. The number of carbonyl (C=O) groups excluding carboxylic acids is 2. The second kappa shape index (κ2) is 7.40. The quantitative estimate of drug-likeness (QED) is 0.925. The number of amides is 2. The summed E-state index contributed by atoms with van der Waals surface area (Å²) in [6.07, 6.45) is 2.87. The molecule has 1 aromatic heterocycles. The first kappa shape index (κ1) is 17.0. The second-order valence-corrected chi connectivity index (χ2v) is 6.02. The van der Waals surface area contributed by atoms with E-state index in [1.165, 1.54) is 42.7 Å². The Morgan fingerprint density at radius 3 is 2.36 bits per heavy atom. The lowest BCUT2D eigenvalue weighted by atomic mass is 10.1. The monoisotopic (exact) mass is 342 g/mol. The van der Waals surface area contributed by atoms with Gasteiger partial charge in [0.05, 0.1) is 11.1 Å². The van der Waals surface area contributed by atoms with Crippen LogP contribution < -0.4 is 5.32 Å². The number of nitrogens with one attached hydrogen (secondary N) is 1. The zero-order valence-electron chi connectivity index (χ0n) is 13.9. The van der Waals surface area contributed by atoms with Gasteiger partial charge in [0.25, 0.3) is 11.8 Å². The van der Waals surface area contributed by atoms with E-state index < -0.39 is 5.91 Å². The first-order valence-corrected chi connectivity index (χ1v) is 8.03. The maximum atomic E-state index is 12.9. The lowest BCUT2D eigenvalue weighted by Crippen LogP contribution is -2.47. The van der Waals surface area contributed by atoms with Crippen molar-refractivity contribution in [3.63, 3.8) is 0 Å². The molecule has 0 atom stereocenters. The molecule has 1 aliphatic heterocycles. The van der Waals surface area contributed by atoms with Gasteiger partial charge >= 0.3 is 0 Å². The van der Waals surface area contributed by atoms with E-state index in [0.29, 0.717) is 24.3 Å². The van der Waals surface area contributed by atoms with Crippen LogP contribution >= 0.6 is 0 Å². The summed E-state index contributed by atoms with van der Waals surface area (Å²) in [4.78, 5) is 32.8. The third kappa shape index (κ3) is 4.19. The molecule has 0 unspecified atom stereocenters. The number of hydrogen-bond acceptors (Lipinski definition) is 4. The van der Waals surface area contributed by atoms with Crippen LogP contribution in [0.1, 0.15) is 20.7 Å². The van der Waals surface area contributed by atoms with Crippen LogP contribution in [0.4, 0.5) is 10.1 Å². The third-order valence-electron chi connectivity index (χ3n) is 4.14. The number of piperazine rings is 1. The number of rotatable bonds is 3. The summed E-state index contributed by atoms with van der Waals surface area (Å²) in [5.41, 5.74) is 1.14. The van der Waals surface area contributed by atoms with Crippen molar-refractivity contribution in [3.05, 3.63) is 59.7 Å². The summed E-state index contributed by atoms with van der Waals surface area (Å²) >= 11 is 0. The number of halogens is 1. The summed E-state index contributed by atoms with van der Waals surface area (Å²) < 4.78 is 12.9. The summed E-state index contributed by atoms with van der Waals surface area (Å²) in [6.45, 7) is 2.95. The van der Waals surface area contributed by atoms with Crippen molar-refractivity contribution in [3.8, 4) is 0 Å². The minimum absolute atomic E-state index is 0.128. The maximum absolute atomic E-state index is 12.9. The fourth-order valence-corrected chi connectivity index (χ4v) is 2.61. The van der Waals surface area contributed by atoms with Gasteiger partial charge in [0.2, 0.25) is 0 Å². The van der Waals surface area contributed by atoms with Crippen LogP contribution in [0.15, 0.2) is 42.7 Å². The van der Waals surface area contributed by atoms with E-state index in [1.54, 1.807) is 4.90 Å². The third-order valence-corrected chi connectivity index (χ3v) is 4.14. The molecule has 2 amide bonds. The Labute approximate surface area is 145 Å². The lowest BCUT2D eigenvalue weighted by Gasteiger charge is -2.32. The Balaban J connectivity index is 1.71. The standard InChI is InChI=1S/C18H19FN4O2/c1-22-6-8-23(9-7-22)18(25)14-10-13(11-20-12-14)17(24)21-16-4-2-15(19)3-5-16/h2-5,10-12H,6-9H2,1H3,(H,21,24). The van der Waals surface area contributed by atoms with Crippen molar-refractivity contribution in [2.24, 2.45) is 0 Å². The van der Waals surface area contributed by atoms with E-state index in [1.807, 2.05) is 7.05 Å². The van der Waals surface area contributed by atoms with Crippen molar-refractivity contribution in [2.45, 2.75) is 0 Å². The number of benzene rings is 1. The molecule has 0 bridgehead atoms. The Hall–Kier alpha value is -2.80. The molecule has 1 fully saturated rings. The highest BCUT2D eigenvalue weighted by atomic mass is 19.1. The molecule has 6 nitrogen and oxygen atoms in total. The van der Waals surface area contributed by atoms with Gasteiger partial charge in [-0.3, -0.25) is 14.6 Å². The average molecular weight is 342 g/mol. The molecule has 1 aliphatic rings. The van der Waals surface area contributed by atoms with Gasteiger partial charge in [0, 0.05) is 44.3 Å². The van der Waals surface area contributed by atoms with Gasteiger partial charge in [-0.25, -0.2) is 4.39 Å². The maximum Gasteiger partial charge on any atom is 0.257 e. The second-order valence-electron chi connectivity index (χ2n) is 6.02. The van der Waals surface area contributed by atoms with E-state index in [-0.39, 0.29) is 17.3 Å². The molecule has 130 valence electrons. The largest absolute Gasteiger partial charge is 0.336 e. The molecule has 0 saturated carbocycles. The molecule has 0 radical (unpaired) electrons. The van der Waals surface area contributed by atoms with Crippen LogP contribution in [0, 0.1) is 5.82 Å². The predicted octanol–water partition coefficient (Wildman–Crippen LogP) is 1.86. The molecular formula is C18H19FN4O2. The highest BCUT2D eigenvalue weighted by Gasteiger charge is 2.21. The molecule has 7 heteroatoms. The molecule has 25 heavy (non-hydrogen) atoms. The van der Waals surface area contributed by atoms with E-state index in [4.69, 9.17) is 0 Å². The molecule has 0 spiro atoms. The summed E-state index contributed by atoms with van der Waals surface area (Å²) in [6, 6.07) is 7.01. The fourth-order valence-electron chi connectivity index (χ4n) is 2.61. The van der Waals surface area contributed by atoms with Gasteiger partial charge in [-0.15, -0.1) is 0 Å². The van der Waals surface area contributed by atoms with Gasteiger partial charge in [-0.05, 0) is 37.4 Å². The van der Waals surface area contributed by atoms with Crippen molar-refractivity contribution in [1.82, 2.24) is 14.8 Å². The van der Waals surface area contributed by atoms with Gasteiger partial charge < -0.3 is 15.1 Å². The number of anilines is 1. The number of hydrogen-bond donors (Lipinski definition) is 1. The number of carbonyl (C=O) groups is 2. The van der Waals surface area contributed by atoms with Crippen molar-refractivity contribution in [2.75, 3.05) is 38.5 Å². The van der Waals surface area contributed by atoms with Crippen LogP contribution in [-0.4, -0.2) is 59.8 Å². The first-order valence-electron chi connectivity index (χ1n) is 8.03. The number of pyridine rings is 1. The number of nitrogens with zero attached hydrogens (tertiary/aromatic N) is 3. The fraction of sp³-hybridized carbons (Fsp3) is 0.278. The van der Waals surface area contributed by atoms with Crippen molar-refractivity contribution >= 4 is 17.5 Å². The zero-order chi connectivity index (χ0) is 17.8. The molecule has 1 N–H and O–H groups in total. The van der Waals surface area contributed by atoms with E-state index in [0.717, 1.165) is 13.1 Å². The first-order chi connectivity index (χ1) is 12.0. The molecule has 1 saturated heterocycles. The van der Waals surface area contributed by atoms with Crippen LogP contribution in [0.3, 0.4) is 0 Å².